The van der Waals surface area contributed by atoms with E-state index < -0.39 is 5.60 Å². The van der Waals surface area contributed by atoms with Gasteiger partial charge in [0.05, 0.1) is 5.92 Å². The van der Waals surface area contributed by atoms with Crippen molar-refractivity contribution in [2.45, 2.75) is 45.8 Å². The van der Waals surface area contributed by atoms with Crippen LogP contribution in [0, 0.1) is 5.92 Å². The molecule has 0 saturated carbocycles. The molecule has 1 aromatic rings. The predicted molar refractivity (Wildman–Crippen MR) is 93.8 cm³/mol. The number of benzene rings is 1. The van der Waals surface area contributed by atoms with E-state index in [4.69, 9.17) is 16.3 Å². The summed E-state index contributed by atoms with van der Waals surface area (Å²) in [5, 5.41) is 3.55. The Labute approximate surface area is 148 Å². The molecule has 0 aromatic heterocycles. The summed E-state index contributed by atoms with van der Waals surface area (Å²) >= 11 is 6.10. The summed E-state index contributed by atoms with van der Waals surface area (Å²) < 4.78 is 5.39. The van der Waals surface area contributed by atoms with Crippen LogP contribution in [0.4, 0.5) is 4.79 Å². The molecule has 1 atom stereocenters. The number of hydrogen-bond donors (Lipinski definition) is 1. The van der Waals surface area contributed by atoms with Crippen molar-refractivity contribution in [2.24, 2.45) is 5.92 Å². The van der Waals surface area contributed by atoms with Gasteiger partial charge in [-0.2, -0.15) is 0 Å². The fourth-order valence-electron chi connectivity index (χ4n) is 2.65. The lowest BCUT2D eigenvalue weighted by Gasteiger charge is -2.33. The molecule has 2 amide bonds. The second kappa shape index (κ2) is 7.88. The van der Waals surface area contributed by atoms with Crippen LogP contribution in [-0.2, 0) is 16.1 Å². The van der Waals surface area contributed by atoms with Gasteiger partial charge in [-0.05, 0) is 45.2 Å². The van der Waals surface area contributed by atoms with Gasteiger partial charge in [-0.15, -0.1) is 0 Å². The Morgan fingerprint density at radius 1 is 1.33 bits per heavy atom. The van der Waals surface area contributed by atoms with Gasteiger partial charge < -0.3 is 15.0 Å². The molecule has 0 aliphatic carbocycles. The number of carbonyl (C=O) groups is 2. The summed E-state index contributed by atoms with van der Waals surface area (Å²) in [4.78, 5) is 26.2. The van der Waals surface area contributed by atoms with Gasteiger partial charge in [0.1, 0.15) is 5.60 Å². The number of hydrogen-bond acceptors (Lipinski definition) is 3. The molecule has 5 nitrogen and oxygen atoms in total. The first kappa shape index (κ1) is 18.6. The maximum absolute atomic E-state index is 12.4. The number of nitrogens with zero attached hydrogens (tertiary/aromatic N) is 1. The molecule has 1 saturated heterocycles. The number of amides is 2. The van der Waals surface area contributed by atoms with Crippen molar-refractivity contribution in [2.75, 3.05) is 13.1 Å². The normalized spacial score (nSPS) is 18.2. The zero-order chi connectivity index (χ0) is 17.7. The molecule has 0 radical (unpaired) electrons. The van der Waals surface area contributed by atoms with Crippen LogP contribution in [0.25, 0.3) is 0 Å². The molecule has 2 rings (SSSR count). The van der Waals surface area contributed by atoms with Crippen LogP contribution in [0.3, 0.4) is 0 Å². The molecule has 1 aliphatic rings. The van der Waals surface area contributed by atoms with Crippen molar-refractivity contribution < 1.29 is 14.3 Å². The van der Waals surface area contributed by atoms with E-state index in [1.807, 2.05) is 39.0 Å². The van der Waals surface area contributed by atoms with Crippen LogP contribution < -0.4 is 5.32 Å². The monoisotopic (exact) mass is 352 g/mol. The molecule has 1 aliphatic heterocycles. The molecule has 6 heteroatoms. The van der Waals surface area contributed by atoms with Gasteiger partial charge in [0.15, 0.2) is 0 Å². The average molecular weight is 353 g/mol. The second-order valence-corrected chi connectivity index (χ2v) is 7.48. The number of halogens is 1. The van der Waals surface area contributed by atoms with Gasteiger partial charge in [0, 0.05) is 24.7 Å². The number of piperidine rings is 1. The standard InChI is InChI=1S/C18H25ClN2O3/c1-18(2,3)24-17(23)21-10-6-8-14(12-21)16(22)20-11-13-7-4-5-9-15(13)19/h4-5,7,9,14H,6,8,10-12H2,1-3H3,(H,20,22)/t14-/m1/s1. The minimum Gasteiger partial charge on any atom is -0.444 e. The van der Waals surface area contributed by atoms with Crippen molar-refractivity contribution in [1.82, 2.24) is 10.2 Å². The second-order valence-electron chi connectivity index (χ2n) is 7.07. The summed E-state index contributed by atoms with van der Waals surface area (Å²) in [6.07, 6.45) is 1.21. The molecular weight excluding hydrogens is 328 g/mol. The van der Waals surface area contributed by atoms with Gasteiger partial charge in [0.25, 0.3) is 0 Å². The molecule has 1 heterocycles. The smallest absolute Gasteiger partial charge is 0.410 e. The quantitative estimate of drug-likeness (QED) is 0.904. The van der Waals surface area contributed by atoms with Crippen molar-refractivity contribution in [3.63, 3.8) is 0 Å². The summed E-state index contributed by atoms with van der Waals surface area (Å²) in [5.74, 6) is -0.267. The number of rotatable bonds is 3. The molecule has 132 valence electrons. The maximum atomic E-state index is 12.4. The van der Waals surface area contributed by atoms with Crippen LogP contribution in [0.1, 0.15) is 39.2 Å². The van der Waals surface area contributed by atoms with Crippen LogP contribution in [0.5, 0.6) is 0 Å². The van der Waals surface area contributed by atoms with E-state index in [-0.39, 0.29) is 17.9 Å². The molecule has 0 spiro atoms. The minimum atomic E-state index is -0.531. The highest BCUT2D eigenvalue weighted by Crippen LogP contribution is 2.20. The molecule has 0 bridgehead atoms. The molecule has 1 fully saturated rings. The van der Waals surface area contributed by atoms with Gasteiger partial charge in [-0.25, -0.2) is 4.79 Å². The first-order valence-electron chi connectivity index (χ1n) is 8.25. The fourth-order valence-corrected chi connectivity index (χ4v) is 2.85. The summed E-state index contributed by atoms with van der Waals surface area (Å²) in [6.45, 7) is 6.92. The van der Waals surface area contributed by atoms with Crippen molar-refractivity contribution >= 4 is 23.6 Å². The van der Waals surface area contributed by atoms with Crippen LogP contribution in [0.2, 0.25) is 5.02 Å². The Hall–Kier alpha value is -1.75. The van der Waals surface area contributed by atoms with Crippen LogP contribution in [-0.4, -0.2) is 35.6 Å². The summed E-state index contributed by atoms with van der Waals surface area (Å²) in [6, 6.07) is 7.43. The third-order valence-corrected chi connectivity index (χ3v) is 4.22. The van der Waals surface area contributed by atoms with E-state index in [1.165, 1.54) is 0 Å². The Bertz CT molecular complexity index is 598. The third-order valence-electron chi connectivity index (χ3n) is 3.85. The molecule has 1 aromatic carbocycles. The Kier molecular flexibility index (Phi) is 6.10. The van der Waals surface area contributed by atoms with Crippen molar-refractivity contribution in [1.29, 1.82) is 0 Å². The fraction of sp³-hybridized carbons (Fsp3) is 0.556. The molecule has 24 heavy (non-hydrogen) atoms. The van der Waals surface area contributed by atoms with Gasteiger partial charge in [-0.1, -0.05) is 29.8 Å². The molecule has 0 unspecified atom stereocenters. The number of nitrogens with one attached hydrogen (secondary N) is 1. The lowest BCUT2D eigenvalue weighted by Crippen LogP contribution is -2.46. The molecular formula is C18H25ClN2O3. The largest absolute Gasteiger partial charge is 0.444 e. The summed E-state index contributed by atoms with van der Waals surface area (Å²) in [7, 11) is 0. The van der Waals surface area contributed by atoms with Crippen molar-refractivity contribution in [3.8, 4) is 0 Å². The first-order chi connectivity index (χ1) is 11.3. The Morgan fingerprint density at radius 2 is 2.04 bits per heavy atom. The van der Waals surface area contributed by atoms with Gasteiger partial charge >= 0.3 is 6.09 Å². The van der Waals surface area contributed by atoms with E-state index in [0.717, 1.165) is 18.4 Å². The highest BCUT2D eigenvalue weighted by Gasteiger charge is 2.30. The zero-order valence-corrected chi connectivity index (χ0v) is 15.2. The minimum absolute atomic E-state index is 0.0526. The predicted octanol–water partition coefficient (Wildman–Crippen LogP) is 3.60. The van der Waals surface area contributed by atoms with Gasteiger partial charge in [0.2, 0.25) is 5.91 Å². The van der Waals surface area contributed by atoms with E-state index in [0.29, 0.717) is 24.7 Å². The Balaban J connectivity index is 1.88. The van der Waals surface area contributed by atoms with E-state index >= 15 is 0 Å². The third kappa shape index (κ3) is 5.41. The Morgan fingerprint density at radius 3 is 2.71 bits per heavy atom. The van der Waals surface area contributed by atoms with E-state index in [9.17, 15) is 9.59 Å². The summed E-state index contributed by atoms with van der Waals surface area (Å²) in [5.41, 5.74) is 0.350. The van der Waals surface area contributed by atoms with Crippen molar-refractivity contribution in [3.05, 3.63) is 34.9 Å². The highest BCUT2D eigenvalue weighted by molar-refractivity contribution is 6.31. The van der Waals surface area contributed by atoms with Crippen LogP contribution in [0.15, 0.2) is 24.3 Å². The lowest BCUT2D eigenvalue weighted by atomic mass is 9.97. The number of carbonyl (C=O) groups excluding carboxylic acids is 2. The van der Waals surface area contributed by atoms with Gasteiger partial charge in [-0.3, -0.25) is 4.79 Å². The average Bonchev–Trinajstić information content (AvgIpc) is 2.52. The lowest BCUT2D eigenvalue weighted by molar-refractivity contribution is -0.126. The zero-order valence-electron chi connectivity index (χ0n) is 14.5. The molecule has 1 N–H and O–H groups in total. The van der Waals surface area contributed by atoms with E-state index in [2.05, 4.69) is 5.32 Å². The van der Waals surface area contributed by atoms with Crippen LogP contribution >= 0.6 is 11.6 Å². The first-order valence-corrected chi connectivity index (χ1v) is 8.63. The van der Waals surface area contributed by atoms with E-state index in [1.54, 1.807) is 11.0 Å². The highest BCUT2D eigenvalue weighted by atomic mass is 35.5. The maximum Gasteiger partial charge on any atom is 0.410 e. The number of ether oxygens (including phenoxy) is 1. The number of likely N-dealkylation sites (tertiary alicyclic amines) is 1. The topological polar surface area (TPSA) is 58.6 Å². The SMILES string of the molecule is CC(C)(C)OC(=O)N1CCC[C@@H](C(=O)NCc2ccccc2Cl)C1.